The Hall–Kier alpha value is -1.55. The molecule has 116 valence electrons. The van der Waals surface area contributed by atoms with E-state index in [0.717, 1.165) is 30.8 Å². The Morgan fingerprint density at radius 2 is 2.19 bits per heavy atom. The van der Waals surface area contributed by atoms with Gasteiger partial charge >= 0.3 is 0 Å². The molecule has 2 rings (SSSR count). The number of aryl methyl sites for hydroxylation is 1. The number of carbonyl (C=O) groups excluding carboxylic acids is 1. The van der Waals surface area contributed by atoms with Gasteiger partial charge in [-0.1, -0.05) is 19.4 Å². The molecule has 0 saturated carbocycles. The lowest BCUT2D eigenvalue weighted by Crippen LogP contribution is -2.46. The molecule has 1 saturated heterocycles. The first kappa shape index (κ1) is 15.8. The molecule has 0 aromatic heterocycles. The normalized spacial score (nSPS) is 21.9. The fraction of sp³-hybridized carbons (Fsp3) is 0.588. The van der Waals surface area contributed by atoms with Crippen LogP contribution in [-0.4, -0.2) is 32.6 Å². The summed E-state index contributed by atoms with van der Waals surface area (Å²) in [5.41, 5.74) is 3.21. The summed E-state index contributed by atoms with van der Waals surface area (Å²) in [6.07, 6.45) is 3.27. The summed E-state index contributed by atoms with van der Waals surface area (Å²) in [7, 11) is 4.03. The quantitative estimate of drug-likeness (QED) is 0.896. The van der Waals surface area contributed by atoms with Crippen LogP contribution in [0.1, 0.15) is 31.7 Å². The molecule has 21 heavy (non-hydrogen) atoms. The van der Waals surface area contributed by atoms with Crippen molar-refractivity contribution in [2.24, 2.45) is 5.92 Å². The molecule has 2 atom stereocenters. The van der Waals surface area contributed by atoms with Crippen LogP contribution >= 0.6 is 0 Å². The number of hydrogen-bond acceptors (Lipinski definition) is 3. The summed E-state index contributed by atoms with van der Waals surface area (Å²) in [4.78, 5) is 14.5. The molecule has 4 heteroatoms. The lowest BCUT2D eigenvalue weighted by Gasteiger charge is -2.29. The zero-order valence-corrected chi connectivity index (χ0v) is 13.6. The van der Waals surface area contributed by atoms with Crippen LogP contribution in [0.2, 0.25) is 0 Å². The minimum absolute atomic E-state index is 0.0622. The van der Waals surface area contributed by atoms with Crippen LogP contribution in [0.15, 0.2) is 18.2 Å². The molecule has 4 nitrogen and oxygen atoms in total. The minimum Gasteiger partial charge on any atom is -0.377 e. The zero-order chi connectivity index (χ0) is 15.4. The first-order valence-corrected chi connectivity index (χ1v) is 7.83. The SMILES string of the molecule is CCC1CCNC(C(=O)Nc2ccc(C)c(N(C)C)c2)C1. The molecule has 1 fully saturated rings. The number of anilines is 2. The van der Waals surface area contributed by atoms with E-state index in [1.165, 1.54) is 12.0 Å². The zero-order valence-electron chi connectivity index (χ0n) is 13.6. The molecule has 1 aromatic carbocycles. The smallest absolute Gasteiger partial charge is 0.241 e. The van der Waals surface area contributed by atoms with E-state index >= 15 is 0 Å². The van der Waals surface area contributed by atoms with Gasteiger partial charge in [-0.3, -0.25) is 4.79 Å². The van der Waals surface area contributed by atoms with Crippen molar-refractivity contribution < 1.29 is 4.79 Å². The van der Waals surface area contributed by atoms with Crippen molar-refractivity contribution >= 4 is 17.3 Å². The molecule has 0 spiro atoms. The average Bonchev–Trinajstić information content (AvgIpc) is 2.49. The molecular weight excluding hydrogens is 262 g/mol. The van der Waals surface area contributed by atoms with Gasteiger partial charge in [-0.15, -0.1) is 0 Å². The van der Waals surface area contributed by atoms with E-state index in [1.54, 1.807) is 0 Å². The Morgan fingerprint density at radius 1 is 1.43 bits per heavy atom. The maximum absolute atomic E-state index is 12.4. The first-order chi connectivity index (χ1) is 10.0. The van der Waals surface area contributed by atoms with Gasteiger partial charge in [-0.2, -0.15) is 0 Å². The van der Waals surface area contributed by atoms with E-state index in [2.05, 4.69) is 29.4 Å². The van der Waals surface area contributed by atoms with Gasteiger partial charge in [0.2, 0.25) is 5.91 Å². The second kappa shape index (κ2) is 6.94. The lowest BCUT2D eigenvalue weighted by molar-refractivity contribution is -0.119. The van der Waals surface area contributed by atoms with Crippen molar-refractivity contribution in [2.75, 3.05) is 30.9 Å². The maximum Gasteiger partial charge on any atom is 0.241 e. The molecule has 1 aliphatic rings. The summed E-state index contributed by atoms with van der Waals surface area (Å²) in [5, 5.41) is 6.38. The number of benzene rings is 1. The van der Waals surface area contributed by atoms with Crippen LogP contribution in [-0.2, 0) is 4.79 Å². The van der Waals surface area contributed by atoms with Gasteiger partial charge in [-0.25, -0.2) is 0 Å². The van der Waals surface area contributed by atoms with E-state index in [0.29, 0.717) is 5.92 Å². The number of piperidine rings is 1. The second-order valence-electron chi connectivity index (χ2n) is 6.19. The summed E-state index contributed by atoms with van der Waals surface area (Å²) in [5.74, 6) is 0.749. The average molecular weight is 289 g/mol. The highest BCUT2D eigenvalue weighted by Crippen LogP contribution is 2.24. The highest BCUT2D eigenvalue weighted by Gasteiger charge is 2.25. The highest BCUT2D eigenvalue weighted by atomic mass is 16.2. The van der Waals surface area contributed by atoms with E-state index in [-0.39, 0.29) is 11.9 Å². The Bertz CT molecular complexity index is 499. The van der Waals surface area contributed by atoms with Gasteiger partial charge in [-0.05, 0) is 49.9 Å². The third-order valence-corrected chi connectivity index (χ3v) is 4.36. The summed E-state index contributed by atoms with van der Waals surface area (Å²) >= 11 is 0. The van der Waals surface area contributed by atoms with Gasteiger partial charge in [0.1, 0.15) is 0 Å². The lowest BCUT2D eigenvalue weighted by atomic mass is 9.90. The molecule has 1 aromatic rings. The van der Waals surface area contributed by atoms with Gasteiger partial charge in [0.15, 0.2) is 0 Å². The molecule has 0 bridgehead atoms. The molecule has 2 unspecified atom stereocenters. The second-order valence-corrected chi connectivity index (χ2v) is 6.19. The van der Waals surface area contributed by atoms with Crippen molar-refractivity contribution in [3.63, 3.8) is 0 Å². The largest absolute Gasteiger partial charge is 0.377 e. The van der Waals surface area contributed by atoms with Gasteiger partial charge in [0.25, 0.3) is 0 Å². The van der Waals surface area contributed by atoms with Crippen LogP contribution < -0.4 is 15.5 Å². The van der Waals surface area contributed by atoms with Crippen molar-refractivity contribution in [1.82, 2.24) is 5.32 Å². The molecule has 1 heterocycles. The van der Waals surface area contributed by atoms with Gasteiger partial charge < -0.3 is 15.5 Å². The van der Waals surface area contributed by atoms with Crippen LogP contribution in [0.3, 0.4) is 0 Å². The fourth-order valence-corrected chi connectivity index (χ4v) is 2.97. The van der Waals surface area contributed by atoms with Gasteiger partial charge in [0, 0.05) is 25.5 Å². The third kappa shape index (κ3) is 3.97. The topological polar surface area (TPSA) is 44.4 Å². The maximum atomic E-state index is 12.4. The molecule has 0 radical (unpaired) electrons. The predicted molar refractivity (Wildman–Crippen MR) is 88.9 cm³/mol. The fourth-order valence-electron chi connectivity index (χ4n) is 2.97. The summed E-state index contributed by atoms with van der Waals surface area (Å²) in [6.45, 7) is 5.22. The number of nitrogens with zero attached hydrogens (tertiary/aromatic N) is 1. The monoisotopic (exact) mass is 289 g/mol. The molecule has 2 N–H and O–H groups in total. The van der Waals surface area contributed by atoms with Crippen LogP contribution in [0.25, 0.3) is 0 Å². The van der Waals surface area contributed by atoms with E-state index < -0.39 is 0 Å². The molecular formula is C17H27N3O. The van der Waals surface area contributed by atoms with E-state index in [9.17, 15) is 4.79 Å². The number of hydrogen-bond donors (Lipinski definition) is 2. The van der Waals surface area contributed by atoms with E-state index in [1.807, 2.05) is 32.3 Å². The summed E-state index contributed by atoms with van der Waals surface area (Å²) in [6, 6.07) is 6.00. The molecule has 1 amide bonds. The van der Waals surface area contributed by atoms with Crippen molar-refractivity contribution in [3.05, 3.63) is 23.8 Å². The number of nitrogens with one attached hydrogen (secondary N) is 2. The predicted octanol–water partition coefficient (Wildman–Crippen LogP) is 2.78. The number of amides is 1. The highest BCUT2D eigenvalue weighted by molar-refractivity contribution is 5.95. The Morgan fingerprint density at radius 3 is 2.86 bits per heavy atom. The Kier molecular flexibility index (Phi) is 5.23. The van der Waals surface area contributed by atoms with Crippen LogP contribution in [0, 0.1) is 12.8 Å². The number of rotatable bonds is 4. The molecule has 1 aliphatic heterocycles. The van der Waals surface area contributed by atoms with Crippen molar-refractivity contribution in [3.8, 4) is 0 Å². The van der Waals surface area contributed by atoms with Crippen LogP contribution in [0.5, 0.6) is 0 Å². The minimum atomic E-state index is -0.0622. The third-order valence-electron chi connectivity index (χ3n) is 4.36. The Labute approximate surface area is 127 Å². The van der Waals surface area contributed by atoms with Crippen LogP contribution in [0.4, 0.5) is 11.4 Å². The summed E-state index contributed by atoms with van der Waals surface area (Å²) < 4.78 is 0. The van der Waals surface area contributed by atoms with Crippen molar-refractivity contribution in [2.45, 2.75) is 39.2 Å². The first-order valence-electron chi connectivity index (χ1n) is 7.83. The Balaban J connectivity index is 2.04. The van der Waals surface area contributed by atoms with Crippen molar-refractivity contribution in [1.29, 1.82) is 0 Å². The van der Waals surface area contributed by atoms with E-state index in [4.69, 9.17) is 0 Å². The van der Waals surface area contributed by atoms with Gasteiger partial charge in [0.05, 0.1) is 6.04 Å². The number of carbonyl (C=O) groups is 1. The molecule has 0 aliphatic carbocycles. The standard InChI is InChI=1S/C17H27N3O/c1-5-13-8-9-18-15(10-13)17(21)19-14-7-6-12(2)16(11-14)20(3)4/h6-7,11,13,15,18H,5,8-10H2,1-4H3,(H,19,21).